The molecule has 0 amide bonds. The zero-order valence-corrected chi connectivity index (χ0v) is 21.6. The second kappa shape index (κ2) is 10.9. The Balaban J connectivity index is 1.52. The number of hydrogen-bond donors (Lipinski definition) is 2. The van der Waals surface area contributed by atoms with Gasteiger partial charge in [0, 0.05) is 30.3 Å². The van der Waals surface area contributed by atoms with Crippen LogP contribution in [0.25, 0.3) is 10.9 Å². The molecule has 2 unspecified atom stereocenters. The van der Waals surface area contributed by atoms with Gasteiger partial charge >= 0.3 is 0 Å². The van der Waals surface area contributed by atoms with E-state index in [0.717, 1.165) is 18.9 Å². The van der Waals surface area contributed by atoms with E-state index in [9.17, 15) is 12.4 Å². The summed E-state index contributed by atoms with van der Waals surface area (Å²) < 4.78 is 75.6. The number of nitrogens with one attached hydrogen (secondary N) is 2. The smallest absolute Gasteiger partial charge is 0.212 e. The van der Waals surface area contributed by atoms with E-state index in [-0.39, 0.29) is 55.7 Å². The fourth-order valence-corrected chi connectivity index (χ4v) is 4.59. The number of hydrogen-bond acceptors (Lipinski definition) is 7. The lowest BCUT2D eigenvalue weighted by molar-refractivity contribution is 0.581. The number of benzene rings is 2. The van der Waals surface area contributed by atoms with Gasteiger partial charge in [-0.1, -0.05) is 60.1 Å². The third-order valence-corrected chi connectivity index (χ3v) is 6.74. The van der Waals surface area contributed by atoms with E-state index in [0.29, 0.717) is 0 Å². The largest absolute Gasteiger partial charge is 0.377 e. The number of fused-ring (bicyclic) bond motifs is 1. The summed E-state index contributed by atoms with van der Waals surface area (Å²) in [7, 11) is 0. The van der Waals surface area contributed by atoms with Crippen LogP contribution in [0.5, 0.6) is 0 Å². The van der Waals surface area contributed by atoms with E-state index in [2.05, 4.69) is 30.9 Å². The van der Waals surface area contributed by atoms with Crippen molar-refractivity contribution in [2.45, 2.75) is 44.1 Å². The highest BCUT2D eigenvalue weighted by molar-refractivity contribution is 6.35. The summed E-state index contributed by atoms with van der Waals surface area (Å²) in [6.45, 7) is -3.26. The van der Waals surface area contributed by atoms with Crippen molar-refractivity contribution in [1.82, 2.24) is 25.0 Å². The molecule has 2 N–H and O–H groups in total. The molecule has 8 nitrogen and oxygen atoms in total. The van der Waals surface area contributed by atoms with Gasteiger partial charge in [0.1, 0.15) is 11.8 Å². The first-order chi connectivity index (χ1) is 22.2. The van der Waals surface area contributed by atoms with Crippen LogP contribution in [0.15, 0.2) is 73.2 Å². The van der Waals surface area contributed by atoms with Crippen molar-refractivity contribution in [3.8, 4) is 6.07 Å². The van der Waals surface area contributed by atoms with E-state index >= 15 is 0 Å². The maximum absolute atomic E-state index is 13.8. The molecule has 6 rings (SSSR count). The third-order valence-electron chi connectivity index (χ3n) is 6.46. The molecule has 0 aliphatic heterocycles. The van der Waals surface area contributed by atoms with Crippen molar-refractivity contribution >= 4 is 33.9 Å². The minimum Gasteiger partial charge on any atom is -0.377 e. The van der Waals surface area contributed by atoms with Gasteiger partial charge in [0.25, 0.3) is 0 Å². The maximum atomic E-state index is 13.8. The molecule has 0 radical (unpaired) electrons. The van der Waals surface area contributed by atoms with Gasteiger partial charge in [-0.3, -0.25) is 4.98 Å². The van der Waals surface area contributed by atoms with Crippen LogP contribution < -0.4 is 10.6 Å². The van der Waals surface area contributed by atoms with Crippen molar-refractivity contribution in [1.29, 1.82) is 5.26 Å². The number of aromatic nitrogens is 5. The molecule has 10 heteroatoms. The Kier molecular flexibility index (Phi) is 5.09. The monoisotopic (exact) mass is 559 g/mol. The minimum atomic E-state index is -3.26. The number of nitrogens with zero attached hydrogens (tertiary/aromatic N) is 6. The SMILES string of the molecule is [2H]C(Nc1cc(Cl)c2ncc(C#N)c(NC([2H])(c3ccccc3)C([2H])([2H])C([2H])([2H])[2H])c2c1)(c1ccc(F)nc1)c1cn(C2CC2)nn1. The Labute approximate surface area is 245 Å². The van der Waals surface area contributed by atoms with Crippen molar-refractivity contribution in [2.75, 3.05) is 10.6 Å². The molecule has 0 bridgehead atoms. The fraction of sp³-hybridized carbons (Fsp3) is 0.233. The molecule has 1 saturated carbocycles. The van der Waals surface area contributed by atoms with E-state index in [1.165, 1.54) is 42.7 Å². The van der Waals surface area contributed by atoms with E-state index in [4.69, 9.17) is 18.5 Å². The molecule has 3 aromatic heterocycles. The summed E-state index contributed by atoms with van der Waals surface area (Å²) in [4.78, 5) is 8.02. The molecule has 3 heterocycles. The van der Waals surface area contributed by atoms with Crippen LogP contribution in [-0.2, 0) is 0 Å². The van der Waals surface area contributed by atoms with Crippen LogP contribution >= 0.6 is 11.6 Å². The van der Waals surface area contributed by atoms with Crippen LogP contribution in [0, 0.1) is 17.3 Å². The summed E-state index contributed by atoms with van der Waals surface area (Å²) in [5.74, 6) is -0.744. The standard InChI is InChI=1S/C30H26ClFN8/c1-2-25(18-6-4-3-5-7-18)37-28-20(14-33)16-35-30-23(28)12-21(13-24(30)31)36-29(19-8-11-27(32)34-15-19)26-17-40(39-38-26)22-9-10-22/h3-8,11-13,15-17,22,25,29,36H,2,9-10H2,1H3,(H,35,37)/i1D3,2D2,25D,29D. The predicted octanol–water partition coefficient (Wildman–Crippen LogP) is 6.99. The van der Waals surface area contributed by atoms with Crippen LogP contribution in [0.3, 0.4) is 0 Å². The Hall–Kier alpha value is -4.55. The molecular formula is C30H26ClFN8. The van der Waals surface area contributed by atoms with Gasteiger partial charge in [-0.15, -0.1) is 5.10 Å². The van der Waals surface area contributed by atoms with Gasteiger partial charge in [-0.25, -0.2) is 9.67 Å². The third kappa shape index (κ3) is 5.18. The van der Waals surface area contributed by atoms with Gasteiger partial charge < -0.3 is 10.6 Å². The summed E-state index contributed by atoms with van der Waals surface area (Å²) in [6, 6.07) is 10.6. The molecule has 2 atom stereocenters. The molecular weight excluding hydrogens is 527 g/mol. The zero-order valence-electron chi connectivity index (χ0n) is 27.9. The highest BCUT2D eigenvalue weighted by Crippen LogP contribution is 2.38. The maximum Gasteiger partial charge on any atom is 0.212 e. The predicted molar refractivity (Wildman–Crippen MR) is 153 cm³/mol. The summed E-state index contributed by atoms with van der Waals surface area (Å²) in [5.41, 5.74) is 0.527. The molecule has 0 spiro atoms. The van der Waals surface area contributed by atoms with Crippen LogP contribution in [-0.4, -0.2) is 25.0 Å². The van der Waals surface area contributed by atoms with Crippen molar-refractivity contribution < 1.29 is 14.0 Å². The highest BCUT2D eigenvalue weighted by atomic mass is 35.5. The Morgan fingerprint density at radius 2 is 2.02 bits per heavy atom. The molecule has 2 aromatic carbocycles. The number of halogens is 2. The summed E-state index contributed by atoms with van der Waals surface area (Å²) in [6.07, 6.45) is 2.67. The molecule has 5 aromatic rings. The minimum absolute atomic E-state index is 0.0110. The molecule has 0 saturated heterocycles. The summed E-state index contributed by atoms with van der Waals surface area (Å²) in [5, 5.41) is 24.5. The first-order valence-electron chi connectivity index (χ1n) is 15.9. The Morgan fingerprint density at radius 1 is 1.18 bits per heavy atom. The average Bonchev–Trinajstić information content (AvgIpc) is 3.76. The average molecular weight is 560 g/mol. The normalized spacial score (nSPS) is 19.3. The van der Waals surface area contributed by atoms with E-state index < -0.39 is 31.2 Å². The Bertz CT molecular complexity index is 2000. The van der Waals surface area contributed by atoms with E-state index in [1.807, 2.05) is 6.07 Å². The zero-order chi connectivity index (χ0) is 33.8. The highest BCUT2D eigenvalue weighted by Gasteiger charge is 2.27. The molecule has 1 aliphatic rings. The van der Waals surface area contributed by atoms with Gasteiger partial charge in [-0.2, -0.15) is 9.65 Å². The summed E-state index contributed by atoms with van der Waals surface area (Å²) >= 11 is 6.70. The van der Waals surface area contributed by atoms with Crippen LogP contribution in [0.2, 0.25) is 5.02 Å². The second-order valence-electron chi connectivity index (χ2n) is 9.19. The Morgan fingerprint density at radius 3 is 2.75 bits per heavy atom. The topological polar surface area (TPSA) is 104 Å². The number of anilines is 2. The van der Waals surface area contributed by atoms with Crippen LogP contribution in [0.4, 0.5) is 15.8 Å². The quantitative estimate of drug-likeness (QED) is 0.188. The number of nitriles is 1. The van der Waals surface area contributed by atoms with Crippen molar-refractivity contribution in [2.24, 2.45) is 0 Å². The van der Waals surface area contributed by atoms with Gasteiger partial charge in [-0.05, 0) is 48.5 Å². The lowest BCUT2D eigenvalue weighted by atomic mass is 10.0. The molecule has 1 aliphatic carbocycles. The van der Waals surface area contributed by atoms with Gasteiger partial charge in [0.2, 0.25) is 5.95 Å². The number of rotatable bonds is 9. The second-order valence-corrected chi connectivity index (χ2v) is 9.60. The molecule has 1 fully saturated rings. The lowest BCUT2D eigenvalue weighted by Crippen LogP contribution is -2.14. The van der Waals surface area contributed by atoms with Gasteiger partial charge in [0.15, 0.2) is 0 Å². The molecule has 40 heavy (non-hydrogen) atoms. The molecule has 200 valence electrons. The number of pyridine rings is 2. The van der Waals surface area contributed by atoms with Gasteiger partial charge in [0.05, 0.1) is 48.8 Å². The van der Waals surface area contributed by atoms with Crippen molar-refractivity contribution in [3.63, 3.8) is 0 Å². The van der Waals surface area contributed by atoms with Crippen molar-refractivity contribution in [3.05, 3.63) is 107 Å². The fourth-order valence-electron chi connectivity index (χ4n) is 4.32. The first kappa shape index (κ1) is 18.7. The van der Waals surface area contributed by atoms with Crippen LogP contribution in [0.1, 0.15) is 76.1 Å². The van der Waals surface area contributed by atoms with E-state index in [1.54, 1.807) is 29.1 Å². The first-order valence-corrected chi connectivity index (χ1v) is 12.7. The lowest BCUT2D eigenvalue weighted by Gasteiger charge is -2.22.